The first kappa shape index (κ1) is 32.4. The first-order valence-electron chi connectivity index (χ1n) is 14.9. The summed E-state index contributed by atoms with van der Waals surface area (Å²) in [7, 11) is -2.15. The lowest BCUT2D eigenvalue weighted by atomic mass is 9.79. The third-order valence-corrected chi connectivity index (χ3v) is 13.1. The van der Waals surface area contributed by atoms with Gasteiger partial charge in [0.1, 0.15) is 12.1 Å². The van der Waals surface area contributed by atoms with Crippen LogP contribution in [-0.2, 0) is 38.5 Å². The SMILES string of the molecule is CC(C)(C)[Si](C)(C)O[C@H]1CC(COCc2ccccc2)[C@@H](OCc2ccccc2)[C@H](OCc2ccccc2)[C@H]1N=C=S. The molecule has 0 amide bonds. The highest BCUT2D eigenvalue weighted by Gasteiger charge is 2.50. The van der Waals surface area contributed by atoms with Gasteiger partial charge in [-0.05, 0) is 53.5 Å². The van der Waals surface area contributed by atoms with Crippen molar-refractivity contribution < 1.29 is 18.6 Å². The van der Waals surface area contributed by atoms with Crippen LogP contribution in [0.4, 0.5) is 0 Å². The van der Waals surface area contributed by atoms with Crippen molar-refractivity contribution in [1.82, 2.24) is 0 Å². The molecule has 3 aromatic carbocycles. The smallest absolute Gasteiger partial charge is 0.192 e. The van der Waals surface area contributed by atoms with E-state index in [1.165, 1.54) is 0 Å². The molecule has 5 nitrogen and oxygen atoms in total. The number of rotatable bonds is 13. The van der Waals surface area contributed by atoms with E-state index >= 15 is 0 Å². The molecule has 0 N–H and O–H groups in total. The van der Waals surface area contributed by atoms with Crippen molar-refractivity contribution in [1.29, 1.82) is 0 Å². The molecule has 0 bridgehead atoms. The number of hydrogen-bond donors (Lipinski definition) is 0. The Kier molecular flexibility index (Phi) is 11.8. The molecule has 1 unspecified atom stereocenters. The third-order valence-electron chi connectivity index (χ3n) is 8.51. The van der Waals surface area contributed by atoms with Gasteiger partial charge in [-0.2, -0.15) is 0 Å². The molecule has 1 aliphatic carbocycles. The number of benzene rings is 3. The molecule has 0 spiro atoms. The average molecular weight is 604 g/mol. The van der Waals surface area contributed by atoms with E-state index in [-0.39, 0.29) is 29.2 Å². The van der Waals surface area contributed by atoms with E-state index in [1.54, 1.807) is 0 Å². The zero-order chi connectivity index (χ0) is 30.0. The van der Waals surface area contributed by atoms with Gasteiger partial charge in [0.05, 0.1) is 43.8 Å². The first-order valence-corrected chi connectivity index (χ1v) is 18.2. The van der Waals surface area contributed by atoms with Crippen LogP contribution in [0.3, 0.4) is 0 Å². The molecule has 3 aromatic rings. The highest BCUT2D eigenvalue weighted by molar-refractivity contribution is 7.78. The van der Waals surface area contributed by atoms with Crippen LogP contribution in [0.1, 0.15) is 43.9 Å². The van der Waals surface area contributed by atoms with Gasteiger partial charge in [-0.1, -0.05) is 112 Å². The molecular formula is C35H45NO4SSi. The summed E-state index contributed by atoms with van der Waals surface area (Å²) in [6, 6.07) is 30.4. The van der Waals surface area contributed by atoms with Gasteiger partial charge in [0.15, 0.2) is 8.32 Å². The molecule has 0 radical (unpaired) electrons. The van der Waals surface area contributed by atoms with Crippen molar-refractivity contribution in [3.05, 3.63) is 108 Å². The van der Waals surface area contributed by atoms with Gasteiger partial charge in [0, 0.05) is 5.92 Å². The normalized spacial score (nSPS) is 22.8. The predicted molar refractivity (Wildman–Crippen MR) is 175 cm³/mol. The fourth-order valence-corrected chi connectivity index (χ4v) is 6.63. The molecule has 7 heteroatoms. The van der Waals surface area contributed by atoms with Crippen molar-refractivity contribution in [2.45, 2.75) is 89.5 Å². The van der Waals surface area contributed by atoms with Crippen LogP contribution >= 0.6 is 12.2 Å². The quantitative estimate of drug-likeness (QED) is 0.112. The number of thiocarbonyl (C=S) groups is 1. The zero-order valence-electron chi connectivity index (χ0n) is 25.6. The number of nitrogens with zero attached hydrogens (tertiary/aromatic N) is 1. The van der Waals surface area contributed by atoms with Crippen LogP contribution in [0.15, 0.2) is 96.0 Å². The lowest BCUT2D eigenvalue weighted by molar-refractivity contribution is -0.167. The lowest BCUT2D eigenvalue weighted by Crippen LogP contribution is -2.59. The Hall–Kier alpha value is -2.48. The molecule has 1 saturated carbocycles. The highest BCUT2D eigenvalue weighted by atomic mass is 32.1. The van der Waals surface area contributed by atoms with Crippen LogP contribution in [0.25, 0.3) is 0 Å². The standard InChI is InChI=1S/C35H45NO4SSi/c1-35(2,3)42(4,5)40-31-21-30(25-37-22-27-15-9-6-10-16-27)33(38-23-28-17-11-7-12-18-28)34(32(31)36-26-41)39-24-29-19-13-8-14-20-29/h6-20,30-34H,21-25H2,1-5H3/t30?,31-,32-,33+,34+/m0/s1. The lowest BCUT2D eigenvalue weighted by Gasteiger charge is -2.48. The van der Waals surface area contributed by atoms with E-state index < -0.39 is 14.4 Å². The summed E-state index contributed by atoms with van der Waals surface area (Å²) in [6.07, 6.45) is -0.125. The largest absolute Gasteiger partial charge is 0.412 e. The first-order chi connectivity index (χ1) is 20.2. The minimum atomic E-state index is -2.15. The number of isothiocyanates is 1. The molecule has 0 aromatic heterocycles. The van der Waals surface area contributed by atoms with Crippen molar-refractivity contribution >= 4 is 25.7 Å². The summed E-state index contributed by atoms with van der Waals surface area (Å²) in [5.74, 6) is 0.0320. The number of aliphatic imine (C=N–C) groups is 1. The Morgan fingerprint density at radius 1 is 0.762 bits per heavy atom. The molecule has 0 saturated heterocycles. The molecule has 1 aliphatic rings. The van der Waals surface area contributed by atoms with Gasteiger partial charge in [-0.3, -0.25) is 0 Å². The fraction of sp³-hybridized carbons (Fsp3) is 0.457. The number of ether oxygens (including phenoxy) is 3. The monoisotopic (exact) mass is 603 g/mol. The second-order valence-electron chi connectivity index (χ2n) is 12.6. The molecule has 224 valence electrons. The molecule has 0 heterocycles. The minimum Gasteiger partial charge on any atom is -0.412 e. The van der Waals surface area contributed by atoms with Gasteiger partial charge in [0.2, 0.25) is 0 Å². The fourth-order valence-electron chi connectivity index (χ4n) is 5.16. The van der Waals surface area contributed by atoms with Crippen molar-refractivity contribution in [3.63, 3.8) is 0 Å². The van der Waals surface area contributed by atoms with E-state index in [2.05, 4.69) is 75.4 Å². The molecule has 4 rings (SSSR count). The summed E-state index contributed by atoms with van der Waals surface area (Å²) in [4.78, 5) is 4.71. The van der Waals surface area contributed by atoms with Gasteiger partial charge in [-0.25, -0.2) is 4.99 Å². The van der Waals surface area contributed by atoms with Crippen LogP contribution in [0, 0.1) is 5.92 Å². The van der Waals surface area contributed by atoms with Crippen LogP contribution in [0.2, 0.25) is 18.1 Å². The van der Waals surface area contributed by atoms with E-state index in [9.17, 15) is 0 Å². The number of hydrogen-bond acceptors (Lipinski definition) is 6. The molecular weight excluding hydrogens is 559 g/mol. The Morgan fingerprint density at radius 3 is 1.71 bits per heavy atom. The topological polar surface area (TPSA) is 49.3 Å². The van der Waals surface area contributed by atoms with E-state index in [4.69, 9.17) is 35.8 Å². The molecule has 1 fully saturated rings. The Labute approximate surface area is 258 Å². The van der Waals surface area contributed by atoms with Gasteiger partial charge in [-0.15, -0.1) is 0 Å². The maximum absolute atomic E-state index is 7.06. The Bertz CT molecular complexity index is 1260. The van der Waals surface area contributed by atoms with E-state index in [1.807, 2.05) is 54.6 Å². The molecule has 42 heavy (non-hydrogen) atoms. The van der Waals surface area contributed by atoms with Gasteiger partial charge < -0.3 is 18.6 Å². The van der Waals surface area contributed by atoms with E-state index in [0.717, 1.165) is 23.1 Å². The van der Waals surface area contributed by atoms with Crippen LogP contribution in [-0.4, -0.2) is 44.4 Å². The second-order valence-corrected chi connectivity index (χ2v) is 17.6. The summed E-state index contributed by atoms with van der Waals surface area (Å²) < 4.78 is 26.9. The highest BCUT2D eigenvalue weighted by Crippen LogP contribution is 2.42. The van der Waals surface area contributed by atoms with Gasteiger partial charge in [0.25, 0.3) is 0 Å². The Balaban J connectivity index is 1.65. The zero-order valence-corrected chi connectivity index (χ0v) is 27.4. The van der Waals surface area contributed by atoms with Crippen molar-refractivity contribution in [3.8, 4) is 0 Å². The minimum absolute atomic E-state index is 0.0320. The molecule has 0 aliphatic heterocycles. The third kappa shape index (κ3) is 9.01. The average Bonchev–Trinajstić information content (AvgIpc) is 2.98. The molecule has 5 atom stereocenters. The maximum Gasteiger partial charge on any atom is 0.192 e. The van der Waals surface area contributed by atoms with Gasteiger partial charge >= 0.3 is 0 Å². The summed E-state index contributed by atoms with van der Waals surface area (Å²) in [5.41, 5.74) is 3.34. The summed E-state index contributed by atoms with van der Waals surface area (Å²) in [5, 5.41) is 2.71. The van der Waals surface area contributed by atoms with E-state index in [0.29, 0.717) is 26.4 Å². The summed E-state index contributed by atoms with van der Waals surface area (Å²) in [6.45, 7) is 13.3. The maximum atomic E-state index is 7.06. The predicted octanol–water partition coefficient (Wildman–Crippen LogP) is 8.26. The Morgan fingerprint density at radius 2 is 1.24 bits per heavy atom. The van der Waals surface area contributed by atoms with Crippen LogP contribution in [0.5, 0.6) is 0 Å². The van der Waals surface area contributed by atoms with Crippen LogP contribution < -0.4 is 0 Å². The second kappa shape index (κ2) is 15.3. The summed E-state index contributed by atoms with van der Waals surface area (Å²) >= 11 is 5.18. The van der Waals surface area contributed by atoms with Crippen molar-refractivity contribution in [2.75, 3.05) is 6.61 Å². The van der Waals surface area contributed by atoms with Crippen molar-refractivity contribution in [2.24, 2.45) is 10.9 Å².